The van der Waals surface area contributed by atoms with Crippen molar-refractivity contribution in [2.45, 2.75) is 25.4 Å². The second-order valence-electron chi connectivity index (χ2n) is 6.14. The molecule has 3 rings (SSSR count). The molecule has 3 amide bonds. The van der Waals surface area contributed by atoms with Crippen LogP contribution in [0.1, 0.15) is 29.8 Å². The first kappa shape index (κ1) is 17.4. The van der Waals surface area contributed by atoms with Crippen molar-refractivity contribution in [3.63, 3.8) is 0 Å². The summed E-state index contributed by atoms with van der Waals surface area (Å²) in [6.45, 7) is 3.22. The molecule has 2 atom stereocenters. The lowest BCUT2D eigenvalue weighted by molar-refractivity contribution is -0.131. The fraction of sp³-hybridized carbons (Fsp3) is 0.211. The summed E-state index contributed by atoms with van der Waals surface area (Å²) < 4.78 is 0.850. The van der Waals surface area contributed by atoms with E-state index >= 15 is 0 Å². The highest BCUT2D eigenvalue weighted by molar-refractivity contribution is 9.10. The Hall–Kier alpha value is -2.47. The number of urea groups is 1. The van der Waals surface area contributed by atoms with E-state index in [1.165, 1.54) is 0 Å². The Morgan fingerprint density at radius 2 is 1.68 bits per heavy atom. The van der Waals surface area contributed by atoms with Crippen LogP contribution in [0.3, 0.4) is 0 Å². The quantitative estimate of drug-likeness (QED) is 0.630. The number of nitrogens with one attached hydrogen (secondary N) is 1. The molecule has 1 aliphatic heterocycles. The molecule has 1 fully saturated rings. The van der Waals surface area contributed by atoms with Gasteiger partial charge < -0.3 is 5.32 Å². The number of rotatable bonds is 4. The number of imide groups is 1. The van der Waals surface area contributed by atoms with E-state index in [2.05, 4.69) is 21.2 Å². The predicted octanol–water partition coefficient (Wildman–Crippen LogP) is 3.49. The molecule has 0 aromatic heterocycles. The van der Waals surface area contributed by atoms with Gasteiger partial charge in [0.2, 0.25) is 0 Å². The van der Waals surface area contributed by atoms with Gasteiger partial charge in [-0.25, -0.2) is 4.79 Å². The Balaban J connectivity index is 1.90. The fourth-order valence-electron chi connectivity index (χ4n) is 2.95. The van der Waals surface area contributed by atoms with Gasteiger partial charge in [-0.2, -0.15) is 0 Å². The summed E-state index contributed by atoms with van der Waals surface area (Å²) in [6, 6.07) is 14.4. The highest BCUT2D eigenvalue weighted by atomic mass is 79.9. The average molecular weight is 401 g/mol. The third-order valence-electron chi connectivity index (χ3n) is 4.47. The first-order valence-corrected chi connectivity index (χ1v) is 8.65. The smallest absolute Gasteiger partial charge is 0.319 e. The van der Waals surface area contributed by atoms with Crippen LogP contribution in [0, 0.1) is 0 Å². The normalized spacial score (nSPS) is 21.2. The number of hydrogen-bond acceptors (Lipinski definition) is 3. The minimum Gasteiger partial charge on any atom is -0.319 e. The van der Waals surface area contributed by atoms with Gasteiger partial charge in [-0.3, -0.25) is 14.5 Å². The molecule has 1 aliphatic rings. The van der Waals surface area contributed by atoms with Crippen molar-refractivity contribution in [2.75, 3.05) is 0 Å². The molecule has 2 aromatic carbocycles. The lowest BCUT2D eigenvalue weighted by Gasteiger charge is -2.24. The van der Waals surface area contributed by atoms with Crippen LogP contribution >= 0.6 is 15.9 Å². The zero-order valence-corrected chi connectivity index (χ0v) is 15.4. The number of benzene rings is 2. The molecular formula is C19H17BrN2O3. The number of carbonyl (C=O) groups excluding carboxylic acids is 3. The highest BCUT2D eigenvalue weighted by Gasteiger charge is 2.51. The maximum absolute atomic E-state index is 13.0. The van der Waals surface area contributed by atoms with E-state index in [0.717, 1.165) is 9.37 Å². The molecule has 1 N–H and O–H groups in total. The largest absolute Gasteiger partial charge is 0.325 e. The summed E-state index contributed by atoms with van der Waals surface area (Å²) in [6.07, 6.45) is 0. The first-order chi connectivity index (χ1) is 11.8. The second-order valence-corrected chi connectivity index (χ2v) is 7.06. The molecule has 128 valence electrons. The van der Waals surface area contributed by atoms with Gasteiger partial charge in [-0.1, -0.05) is 58.4 Å². The Bertz CT molecular complexity index is 836. The van der Waals surface area contributed by atoms with Crippen LogP contribution in [0.15, 0.2) is 59.1 Å². The van der Waals surface area contributed by atoms with Gasteiger partial charge in [-0.15, -0.1) is 0 Å². The summed E-state index contributed by atoms with van der Waals surface area (Å²) in [5.41, 5.74) is -0.0455. The average Bonchev–Trinajstić information content (AvgIpc) is 2.85. The number of carbonyl (C=O) groups is 3. The summed E-state index contributed by atoms with van der Waals surface area (Å²) >= 11 is 3.32. The van der Waals surface area contributed by atoms with Crippen LogP contribution in [0.4, 0.5) is 4.79 Å². The number of amides is 3. The summed E-state index contributed by atoms with van der Waals surface area (Å²) in [4.78, 5) is 39.1. The van der Waals surface area contributed by atoms with Gasteiger partial charge in [-0.05, 0) is 31.5 Å². The summed E-state index contributed by atoms with van der Waals surface area (Å²) in [7, 11) is 0. The van der Waals surface area contributed by atoms with Crippen molar-refractivity contribution in [2.24, 2.45) is 0 Å². The number of halogens is 1. The predicted molar refractivity (Wildman–Crippen MR) is 97.1 cm³/mol. The number of nitrogens with zero attached hydrogens (tertiary/aromatic N) is 1. The third-order valence-corrected chi connectivity index (χ3v) is 5.00. The molecule has 0 unspecified atom stereocenters. The Kier molecular flexibility index (Phi) is 4.47. The molecule has 25 heavy (non-hydrogen) atoms. The topological polar surface area (TPSA) is 66.5 Å². The molecule has 0 radical (unpaired) electrons. The van der Waals surface area contributed by atoms with Gasteiger partial charge >= 0.3 is 6.03 Å². The molecule has 2 aromatic rings. The van der Waals surface area contributed by atoms with E-state index in [4.69, 9.17) is 0 Å². The molecule has 1 heterocycles. The van der Waals surface area contributed by atoms with E-state index in [1.54, 1.807) is 62.4 Å². The lowest BCUT2D eigenvalue weighted by Crippen LogP contribution is -2.45. The minimum absolute atomic E-state index is 0.284. The van der Waals surface area contributed by atoms with Gasteiger partial charge in [0.15, 0.2) is 5.78 Å². The SMILES string of the molecule is C[C@@H](C(=O)c1ccc(Br)cc1)N1C(=O)N[C@@](C)(c2ccccc2)C1=O. The van der Waals surface area contributed by atoms with Crippen molar-refractivity contribution in [1.82, 2.24) is 10.2 Å². The molecule has 1 saturated heterocycles. The number of ketones is 1. The molecule has 5 nitrogen and oxygen atoms in total. The summed E-state index contributed by atoms with van der Waals surface area (Å²) in [5, 5.41) is 2.72. The van der Waals surface area contributed by atoms with Crippen LogP contribution in [-0.2, 0) is 10.3 Å². The standard InChI is InChI=1S/C19H17BrN2O3/c1-12(16(23)13-8-10-15(20)11-9-13)22-17(24)19(2,21-18(22)25)14-6-4-3-5-7-14/h3-12H,1-2H3,(H,21,25)/t12-,19-/m0/s1. The van der Waals surface area contributed by atoms with E-state index in [9.17, 15) is 14.4 Å². The zero-order valence-electron chi connectivity index (χ0n) is 13.8. The fourth-order valence-corrected chi connectivity index (χ4v) is 3.22. The number of hydrogen-bond donors (Lipinski definition) is 1. The maximum Gasteiger partial charge on any atom is 0.325 e. The monoisotopic (exact) mass is 400 g/mol. The van der Waals surface area contributed by atoms with E-state index in [1.807, 2.05) is 6.07 Å². The third kappa shape index (κ3) is 2.98. The van der Waals surface area contributed by atoms with Gasteiger partial charge in [0, 0.05) is 10.0 Å². The van der Waals surface area contributed by atoms with Crippen LogP contribution in [-0.4, -0.2) is 28.7 Å². The van der Waals surface area contributed by atoms with Crippen LogP contribution in [0.2, 0.25) is 0 Å². The van der Waals surface area contributed by atoms with Crippen LogP contribution in [0.25, 0.3) is 0 Å². The van der Waals surface area contributed by atoms with Crippen molar-refractivity contribution >= 4 is 33.7 Å². The molecule has 0 aliphatic carbocycles. The zero-order chi connectivity index (χ0) is 18.2. The minimum atomic E-state index is -1.17. The van der Waals surface area contributed by atoms with E-state index < -0.39 is 23.5 Å². The van der Waals surface area contributed by atoms with Gasteiger partial charge in [0.1, 0.15) is 11.6 Å². The summed E-state index contributed by atoms with van der Waals surface area (Å²) in [5.74, 6) is -0.713. The van der Waals surface area contributed by atoms with Crippen LogP contribution < -0.4 is 5.32 Å². The van der Waals surface area contributed by atoms with Crippen molar-refractivity contribution in [1.29, 1.82) is 0 Å². The lowest BCUT2D eigenvalue weighted by atomic mass is 9.91. The molecule has 0 spiro atoms. The number of Topliss-reactive ketones (excluding diaryl/α,β-unsaturated/α-hetero) is 1. The van der Waals surface area contributed by atoms with E-state index in [0.29, 0.717) is 11.1 Å². The highest BCUT2D eigenvalue weighted by Crippen LogP contribution is 2.30. The molecule has 0 bridgehead atoms. The van der Waals surface area contributed by atoms with Gasteiger partial charge in [0.25, 0.3) is 5.91 Å². The van der Waals surface area contributed by atoms with E-state index in [-0.39, 0.29) is 5.78 Å². The van der Waals surface area contributed by atoms with Crippen molar-refractivity contribution in [3.8, 4) is 0 Å². The van der Waals surface area contributed by atoms with Gasteiger partial charge in [0.05, 0.1) is 0 Å². The molecule has 0 saturated carbocycles. The Morgan fingerprint density at radius 3 is 2.28 bits per heavy atom. The van der Waals surface area contributed by atoms with Crippen molar-refractivity contribution in [3.05, 3.63) is 70.2 Å². The molecular weight excluding hydrogens is 384 g/mol. The van der Waals surface area contributed by atoms with Crippen LogP contribution in [0.5, 0.6) is 0 Å². The molecule has 6 heteroatoms. The second kappa shape index (κ2) is 6.44. The Labute approximate surface area is 154 Å². The first-order valence-electron chi connectivity index (χ1n) is 7.85. The Morgan fingerprint density at radius 1 is 1.08 bits per heavy atom. The maximum atomic E-state index is 13.0. The van der Waals surface area contributed by atoms with Crippen molar-refractivity contribution < 1.29 is 14.4 Å².